The number of ether oxygens (including phenoxy) is 2. The Kier molecular flexibility index (Phi) is 6.70. The lowest BCUT2D eigenvalue weighted by Gasteiger charge is -2.32. The largest absolute Gasteiger partial charge is 0.468 e. The van der Waals surface area contributed by atoms with Gasteiger partial charge < -0.3 is 19.8 Å². The van der Waals surface area contributed by atoms with E-state index in [1.807, 2.05) is 18.6 Å². The van der Waals surface area contributed by atoms with Crippen LogP contribution in [0.4, 0.5) is 0 Å². The third-order valence-electron chi connectivity index (χ3n) is 6.67. The minimum Gasteiger partial charge on any atom is -0.468 e. The molecule has 2 aliphatic rings. The normalized spacial score (nSPS) is 19.9. The van der Waals surface area contributed by atoms with E-state index in [2.05, 4.69) is 32.5 Å². The van der Waals surface area contributed by atoms with Crippen LogP contribution in [0.15, 0.2) is 36.8 Å². The van der Waals surface area contributed by atoms with Gasteiger partial charge >= 0.3 is 11.9 Å². The highest BCUT2D eigenvalue weighted by Crippen LogP contribution is 2.43. The van der Waals surface area contributed by atoms with E-state index in [1.165, 1.54) is 37.5 Å². The smallest absolute Gasteiger partial charge is 0.322 e. The molecule has 7 heteroatoms. The summed E-state index contributed by atoms with van der Waals surface area (Å²) in [6, 6.07) is 7.68. The highest BCUT2D eigenvalue weighted by Gasteiger charge is 2.35. The topological polar surface area (TPSA) is 96.4 Å². The summed E-state index contributed by atoms with van der Waals surface area (Å²) in [7, 11) is 1.30. The first kappa shape index (κ1) is 21.6. The van der Waals surface area contributed by atoms with Gasteiger partial charge in [-0.15, -0.1) is 0 Å². The van der Waals surface area contributed by atoms with E-state index in [-0.39, 0.29) is 31.0 Å². The quantitative estimate of drug-likeness (QED) is 0.649. The summed E-state index contributed by atoms with van der Waals surface area (Å²) in [4.78, 5) is 28.5. The van der Waals surface area contributed by atoms with Gasteiger partial charge in [0, 0.05) is 18.4 Å². The van der Waals surface area contributed by atoms with Crippen LogP contribution in [0.3, 0.4) is 0 Å². The van der Waals surface area contributed by atoms with Crippen molar-refractivity contribution in [3.8, 4) is 11.3 Å². The first-order valence-corrected chi connectivity index (χ1v) is 11.2. The van der Waals surface area contributed by atoms with E-state index in [4.69, 9.17) is 10.5 Å². The van der Waals surface area contributed by atoms with Crippen LogP contribution in [0, 0.1) is 5.92 Å². The Morgan fingerprint density at radius 3 is 2.77 bits per heavy atom. The number of hydrogen-bond acceptors (Lipinski definition) is 6. The Labute approximate surface area is 182 Å². The number of benzene rings is 1. The van der Waals surface area contributed by atoms with Crippen LogP contribution >= 0.6 is 0 Å². The highest BCUT2D eigenvalue weighted by molar-refractivity contribution is 5.77. The fourth-order valence-electron chi connectivity index (χ4n) is 5.01. The molecule has 0 saturated heterocycles. The van der Waals surface area contributed by atoms with Crippen molar-refractivity contribution in [1.82, 2.24) is 9.55 Å². The molecule has 2 heterocycles. The van der Waals surface area contributed by atoms with Crippen LogP contribution < -0.4 is 5.73 Å². The Hall–Kier alpha value is -2.67. The van der Waals surface area contributed by atoms with Crippen molar-refractivity contribution in [3.05, 3.63) is 42.4 Å². The molecule has 2 unspecified atom stereocenters. The number of fused-ring (bicyclic) bond motifs is 3. The van der Waals surface area contributed by atoms with E-state index in [9.17, 15) is 9.59 Å². The summed E-state index contributed by atoms with van der Waals surface area (Å²) < 4.78 is 12.9. The molecule has 7 nitrogen and oxygen atoms in total. The Bertz CT molecular complexity index is 919. The van der Waals surface area contributed by atoms with Crippen LogP contribution in [0.2, 0.25) is 0 Å². The van der Waals surface area contributed by atoms with Gasteiger partial charge in [0.25, 0.3) is 0 Å². The molecule has 1 aromatic carbocycles. The summed E-state index contributed by atoms with van der Waals surface area (Å²) >= 11 is 0. The molecule has 0 spiro atoms. The van der Waals surface area contributed by atoms with Crippen molar-refractivity contribution in [2.45, 2.75) is 69.6 Å². The molecule has 1 fully saturated rings. The van der Waals surface area contributed by atoms with Gasteiger partial charge in [-0.05, 0) is 30.7 Å². The van der Waals surface area contributed by atoms with Crippen LogP contribution in [-0.2, 0) is 19.1 Å². The third-order valence-corrected chi connectivity index (χ3v) is 6.67. The molecular formula is C24H31N3O4. The highest BCUT2D eigenvalue weighted by atomic mass is 16.5. The number of imidazole rings is 1. The van der Waals surface area contributed by atoms with Crippen LogP contribution in [0.1, 0.15) is 63.0 Å². The molecule has 0 bridgehead atoms. The molecule has 166 valence electrons. The summed E-state index contributed by atoms with van der Waals surface area (Å²) in [5.74, 6) is -0.453. The molecular weight excluding hydrogens is 394 g/mol. The van der Waals surface area contributed by atoms with E-state index < -0.39 is 12.0 Å². The lowest BCUT2D eigenvalue weighted by atomic mass is 9.82. The number of nitrogens with two attached hydrogens (primary N) is 1. The second-order valence-electron chi connectivity index (χ2n) is 8.62. The van der Waals surface area contributed by atoms with E-state index >= 15 is 0 Å². The number of carbonyl (C=O) groups excluding carboxylic acids is 2. The Balaban J connectivity index is 1.49. The summed E-state index contributed by atoms with van der Waals surface area (Å²) in [6.45, 7) is 0. The fourth-order valence-corrected chi connectivity index (χ4v) is 5.01. The maximum atomic E-state index is 12.7. The third kappa shape index (κ3) is 4.66. The first-order valence-electron chi connectivity index (χ1n) is 11.2. The number of esters is 2. The van der Waals surface area contributed by atoms with Gasteiger partial charge in [0.2, 0.25) is 0 Å². The second-order valence-corrected chi connectivity index (χ2v) is 8.62. The molecule has 2 N–H and O–H groups in total. The zero-order chi connectivity index (χ0) is 21.8. The van der Waals surface area contributed by atoms with Crippen molar-refractivity contribution in [1.29, 1.82) is 0 Å². The van der Waals surface area contributed by atoms with E-state index in [0.29, 0.717) is 5.92 Å². The molecule has 2 aromatic rings. The second kappa shape index (κ2) is 9.64. The van der Waals surface area contributed by atoms with Gasteiger partial charge in [-0.1, -0.05) is 43.5 Å². The van der Waals surface area contributed by atoms with Gasteiger partial charge in [-0.2, -0.15) is 0 Å². The zero-order valence-corrected chi connectivity index (χ0v) is 18.0. The lowest BCUT2D eigenvalue weighted by Crippen LogP contribution is -2.34. The van der Waals surface area contributed by atoms with Crippen LogP contribution in [-0.4, -0.2) is 40.7 Å². The lowest BCUT2D eigenvalue weighted by molar-refractivity contribution is -0.154. The number of rotatable bonds is 8. The molecule has 0 radical (unpaired) electrons. The summed E-state index contributed by atoms with van der Waals surface area (Å²) in [6.07, 6.45) is 10.4. The van der Waals surface area contributed by atoms with Crippen LogP contribution in [0.25, 0.3) is 11.3 Å². The molecule has 1 aromatic heterocycles. The Morgan fingerprint density at radius 2 is 2.00 bits per heavy atom. The van der Waals surface area contributed by atoms with Crippen molar-refractivity contribution < 1.29 is 19.1 Å². The van der Waals surface area contributed by atoms with Crippen molar-refractivity contribution >= 4 is 11.9 Å². The molecule has 4 rings (SSSR count). The van der Waals surface area contributed by atoms with Crippen molar-refractivity contribution in [2.24, 2.45) is 11.7 Å². The van der Waals surface area contributed by atoms with Gasteiger partial charge in [0.15, 0.2) is 0 Å². The average Bonchev–Trinajstić information content (AvgIpc) is 3.39. The SMILES string of the molecule is COC(=O)[C@@H](N)CCC(=O)OC(CC1c2ccccc2-c2cncn21)C1CCCCC1. The maximum Gasteiger partial charge on any atom is 0.322 e. The fraction of sp³-hybridized carbons (Fsp3) is 0.542. The van der Waals surface area contributed by atoms with Crippen LogP contribution in [0.5, 0.6) is 0 Å². The Morgan fingerprint density at radius 1 is 1.23 bits per heavy atom. The first-order chi connectivity index (χ1) is 15.1. The maximum absolute atomic E-state index is 12.7. The van der Waals surface area contributed by atoms with Crippen molar-refractivity contribution in [2.75, 3.05) is 7.11 Å². The van der Waals surface area contributed by atoms with E-state index in [1.54, 1.807) is 0 Å². The van der Waals surface area contributed by atoms with Crippen molar-refractivity contribution in [3.63, 3.8) is 0 Å². The molecule has 1 aliphatic heterocycles. The molecule has 0 amide bonds. The van der Waals surface area contributed by atoms with Gasteiger partial charge in [0.05, 0.1) is 31.4 Å². The monoisotopic (exact) mass is 425 g/mol. The standard InChI is InChI=1S/C24H31N3O4/c1-30-24(29)19(25)11-12-23(28)31-22(16-7-3-2-4-8-16)13-20-17-9-5-6-10-18(17)21-14-26-15-27(20)21/h5-6,9-10,14-16,19-20,22H,2-4,7-8,11-13,25H2,1H3/t19-,20?,22?/m0/s1. The van der Waals surface area contributed by atoms with E-state index in [0.717, 1.165) is 25.0 Å². The number of methoxy groups -OCH3 is 1. The minimum atomic E-state index is -0.805. The minimum absolute atomic E-state index is 0.103. The molecule has 1 saturated carbocycles. The van der Waals surface area contributed by atoms with Gasteiger partial charge in [0.1, 0.15) is 12.1 Å². The zero-order valence-electron chi connectivity index (χ0n) is 18.0. The number of carbonyl (C=O) groups is 2. The van der Waals surface area contributed by atoms with Gasteiger partial charge in [-0.3, -0.25) is 9.59 Å². The number of aromatic nitrogens is 2. The average molecular weight is 426 g/mol. The molecule has 1 aliphatic carbocycles. The summed E-state index contributed by atoms with van der Waals surface area (Å²) in [5, 5.41) is 0. The summed E-state index contributed by atoms with van der Waals surface area (Å²) in [5.41, 5.74) is 9.34. The van der Waals surface area contributed by atoms with Gasteiger partial charge in [-0.25, -0.2) is 4.98 Å². The number of hydrogen-bond donors (Lipinski definition) is 1. The predicted octanol–water partition coefficient (Wildman–Crippen LogP) is 3.62. The number of nitrogens with zero attached hydrogens (tertiary/aromatic N) is 2. The predicted molar refractivity (Wildman–Crippen MR) is 116 cm³/mol. The molecule has 31 heavy (non-hydrogen) atoms. The molecule has 3 atom stereocenters.